The lowest BCUT2D eigenvalue weighted by Gasteiger charge is -2.10. The van der Waals surface area contributed by atoms with E-state index in [1.54, 1.807) is 32.2 Å². The molecule has 0 spiro atoms. The van der Waals surface area contributed by atoms with Crippen molar-refractivity contribution in [3.05, 3.63) is 64.9 Å². The number of nitrogens with zero attached hydrogens (tertiary/aromatic N) is 5. The summed E-state index contributed by atoms with van der Waals surface area (Å²) >= 11 is 0. The molecular formula is C21H17N7O. The first-order chi connectivity index (χ1) is 14.0. The van der Waals surface area contributed by atoms with Gasteiger partial charge in [-0.25, -0.2) is 15.0 Å². The van der Waals surface area contributed by atoms with Crippen molar-refractivity contribution in [2.45, 2.75) is 20.8 Å². The predicted octanol–water partition coefficient (Wildman–Crippen LogP) is 3.46. The Kier molecular flexibility index (Phi) is 4.49. The number of carbonyl (C=O) groups excluding carboxylic acids is 1. The first-order valence-electron chi connectivity index (χ1n) is 8.93. The highest BCUT2D eigenvalue weighted by atomic mass is 16.1. The van der Waals surface area contributed by atoms with Crippen LogP contribution in [0.2, 0.25) is 0 Å². The summed E-state index contributed by atoms with van der Waals surface area (Å²) < 4.78 is 0. The second-order valence-corrected chi connectivity index (χ2v) is 6.66. The van der Waals surface area contributed by atoms with E-state index >= 15 is 0 Å². The van der Waals surface area contributed by atoms with Gasteiger partial charge in [0.2, 0.25) is 0 Å². The number of aryl methyl sites for hydroxylation is 1. The van der Waals surface area contributed by atoms with Gasteiger partial charge in [-0.15, -0.1) is 0 Å². The maximum atomic E-state index is 12.8. The van der Waals surface area contributed by atoms with Crippen molar-refractivity contribution in [3.8, 4) is 17.5 Å². The predicted molar refractivity (Wildman–Crippen MR) is 108 cm³/mol. The van der Waals surface area contributed by atoms with Crippen molar-refractivity contribution in [1.82, 2.24) is 25.1 Å². The quantitative estimate of drug-likeness (QED) is 0.559. The van der Waals surface area contributed by atoms with Gasteiger partial charge in [0.15, 0.2) is 0 Å². The number of rotatable bonds is 3. The van der Waals surface area contributed by atoms with E-state index in [0.29, 0.717) is 39.7 Å². The Balaban J connectivity index is 1.69. The number of aromatic nitrogens is 5. The van der Waals surface area contributed by atoms with Crippen LogP contribution in [0, 0.1) is 32.1 Å². The van der Waals surface area contributed by atoms with E-state index in [0.717, 1.165) is 16.5 Å². The maximum Gasteiger partial charge on any atom is 0.274 e. The fourth-order valence-electron chi connectivity index (χ4n) is 3.11. The number of fused-ring (bicyclic) bond motifs is 1. The molecule has 0 atom stereocenters. The summed E-state index contributed by atoms with van der Waals surface area (Å²) in [5.74, 6) is 0.318. The molecule has 3 aromatic heterocycles. The molecule has 0 aliphatic rings. The highest BCUT2D eigenvalue weighted by molar-refractivity contribution is 6.05. The minimum atomic E-state index is -0.336. The van der Waals surface area contributed by atoms with E-state index in [9.17, 15) is 4.79 Å². The third-order valence-corrected chi connectivity index (χ3v) is 4.82. The molecule has 0 saturated heterocycles. The molecule has 4 aromatic rings. The Hall–Kier alpha value is -4.12. The molecule has 0 unspecified atom stereocenters. The van der Waals surface area contributed by atoms with E-state index in [4.69, 9.17) is 5.26 Å². The van der Waals surface area contributed by atoms with Crippen LogP contribution in [0.1, 0.15) is 33.0 Å². The van der Waals surface area contributed by atoms with Gasteiger partial charge in [0.1, 0.15) is 23.3 Å². The molecule has 1 amide bonds. The van der Waals surface area contributed by atoms with Crippen LogP contribution < -0.4 is 5.32 Å². The van der Waals surface area contributed by atoms with E-state index in [1.807, 2.05) is 19.1 Å². The average Bonchev–Trinajstić information content (AvgIpc) is 3.13. The number of nitrogens with one attached hydrogen (secondary N) is 2. The number of pyridine rings is 1. The van der Waals surface area contributed by atoms with Gasteiger partial charge in [0.05, 0.1) is 16.8 Å². The number of carbonyl (C=O) groups is 1. The van der Waals surface area contributed by atoms with Crippen molar-refractivity contribution in [3.63, 3.8) is 0 Å². The lowest BCUT2D eigenvalue weighted by Crippen LogP contribution is -2.16. The molecule has 8 nitrogen and oxygen atoms in total. The Bertz CT molecular complexity index is 1300. The molecule has 0 fully saturated rings. The lowest BCUT2D eigenvalue weighted by atomic mass is 10.0. The molecule has 0 aliphatic carbocycles. The summed E-state index contributed by atoms with van der Waals surface area (Å²) in [4.78, 5) is 25.5. The largest absolute Gasteiger partial charge is 0.321 e. The fourth-order valence-corrected chi connectivity index (χ4v) is 3.11. The number of anilines is 1. The van der Waals surface area contributed by atoms with E-state index in [2.05, 4.69) is 36.5 Å². The first-order valence-corrected chi connectivity index (χ1v) is 8.93. The van der Waals surface area contributed by atoms with Crippen LogP contribution in [-0.2, 0) is 0 Å². The summed E-state index contributed by atoms with van der Waals surface area (Å²) in [5.41, 5.74) is 5.01. The van der Waals surface area contributed by atoms with Gasteiger partial charge in [0, 0.05) is 23.5 Å². The van der Waals surface area contributed by atoms with E-state index in [1.165, 1.54) is 6.20 Å². The van der Waals surface area contributed by atoms with Gasteiger partial charge in [-0.2, -0.15) is 10.4 Å². The van der Waals surface area contributed by atoms with Crippen LogP contribution in [0.3, 0.4) is 0 Å². The smallest absolute Gasteiger partial charge is 0.274 e. The summed E-state index contributed by atoms with van der Waals surface area (Å²) in [6.45, 7) is 5.41. The standard InChI is InChI=1S/C21H17N7O/c1-11-12(2)19(24-10-14(11)9-22)21(29)26-15-4-5-17-16(8-15)20(28-27-17)18-6-7-23-13(3)25-18/h4-8,10H,1-3H3,(H,26,29)(H,27,28). The molecular weight excluding hydrogens is 366 g/mol. The molecule has 29 heavy (non-hydrogen) atoms. The van der Waals surface area contributed by atoms with E-state index in [-0.39, 0.29) is 5.91 Å². The molecule has 4 rings (SSSR count). The summed E-state index contributed by atoms with van der Waals surface area (Å²) in [5, 5.41) is 20.2. The van der Waals surface area contributed by atoms with Crippen LogP contribution in [0.25, 0.3) is 22.3 Å². The Labute approximate surface area is 166 Å². The summed E-state index contributed by atoms with van der Waals surface area (Å²) in [6, 6.07) is 9.35. The third kappa shape index (κ3) is 3.30. The third-order valence-electron chi connectivity index (χ3n) is 4.82. The van der Waals surface area contributed by atoms with Crippen LogP contribution in [0.4, 0.5) is 5.69 Å². The topological polar surface area (TPSA) is 120 Å². The normalized spacial score (nSPS) is 10.7. The average molecular weight is 383 g/mol. The van der Waals surface area contributed by atoms with Crippen LogP contribution in [0.5, 0.6) is 0 Å². The molecule has 1 aromatic carbocycles. The second kappa shape index (κ2) is 7.13. The van der Waals surface area contributed by atoms with Crippen molar-refractivity contribution in [1.29, 1.82) is 5.26 Å². The monoisotopic (exact) mass is 383 g/mol. The van der Waals surface area contributed by atoms with Gasteiger partial charge in [-0.1, -0.05) is 0 Å². The second-order valence-electron chi connectivity index (χ2n) is 6.66. The van der Waals surface area contributed by atoms with Crippen LogP contribution in [-0.4, -0.2) is 31.1 Å². The fraction of sp³-hybridized carbons (Fsp3) is 0.143. The molecule has 0 radical (unpaired) electrons. The van der Waals surface area contributed by atoms with Crippen molar-refractivity contribution < 1.29 is 4.79 Å². The lowest BCUT2D eigenvalue weighted by molar-refractivity contribution is 0.102. The highest BCUT2D eigenvalue weighted by Crippen LogP contribution is 2.27. The zero-order valence-electron chi connectivity index (χ0n) is 16.1. The van der Waals surface area contributed by atoms with Crippen LogP contribution in [0.15, 0.2) is 36.7 Å². The molecule has 8 heteroatoms. The number of amides is 1. The van der Waals surface area contributed by atoms with Crippen LogP contribution >= 0.6 is 0 Å². The van der Waals surface area contributed by atoms with Gasteiger partial charge in [-0.3, -0.25) is 9.89 Å². The molecule has 0 saturated carbocycles. The zero-order valence-corrected chi connectivity index (χ0v) is 16.1. The Morgan fingerprint density at radius 3 is 2.72 bits per heavy atom. The zero-order chi connectivity index (χ0) is 20.5. The molecule has 3 heterocycles. The number of hydrogen-bond donors (Lipinski definition) is 2. The number of nitriles is 1. The number of benzene rings is 1. The highest BCUT2D eigenvalue weighted by Gasteiger charge is 2.16. The van der Waals surface area contributed by atoms with Crippen molar-refractivity contribution in [2.75, 3.05) is 5.32 Å². The SMILES string of the molecule is Cc1nccc(-c2n[nH]c3ccc(NC(=O)c4ncc(C#N)c(C)c4C)cc23)n1. The van der Waals surface area contributed by atoms with Gasteiger partial charge in [0.25, 0.3) is 5.91 Å². The summed E-state index contributed by atoms with van der Waals surface area (Å²) in [7, 11) is 0. The Morgan fingerprint density at radius 1 is 1.14 bits per heavy atom. The number of aromatic amines is 1. The number of hydrogen-bond acceptors (Lipinski definition) is 6. The molecule has 0 bridgehead atoms. The molecule has 142 valence electrons. The molecule has 2 N–H and O–H groups in total. The molecule has 0 aliphatic heterocycles. The minimum Gasteiger partial charge on any atom is -0.321 e. The summed E-state index contributed by atoms with van der Waals surface area (Å²) in [6.07, 6.45) is 3.11. The van der Waals surface area contributed by atoms with Gasteiger partial charge >= 0.3 is 0 Å². The Morgan fingerprint density at radius 2 is 1.97 bits per heavy atom. The van der Waals surface area contributed by atoms with E-state index < -0.39 is 0 Å². The van der Waals surface area contributed by atoms with Gasteiger partial charge in [-0.05, 0) is 56.2 Å². The first kappa shape index (κ1) is 18.3. The minimum absolute atomic E-state index is 0.292. The van der Waals surface area contributed by atoms with Crippen molar-refractivity contribution in [2.24, 2.45) is 0 Å². The van der Waals surface area contributed by atoms with Crippen molar-refractivity contribution >= 4 is 22.5 Å². The van der Waals surface area contributed by atoms with Gasteiger partial charge < -0.3 is 5.32 Å². The number of H-pyrrole nitrogens is 1. The maximum absolute atomic E-state index is 12.8.